The van der Waals surface area contributed by atoms with Crippen molar-refractivity contribution < 1.29 is 9.53 Å². The number of piperidine rings is 1. The van der Waals surface area contributed by atoms with Gasteiger partial charge in [0.25, 0.3) is 0 Å². The Hall–Kier alpha value is -0.300. The molecular weight excluding hydrogens is 310 g/mol. The molecule has 0 spiro atoms. The summed E-state index contributed by atoms with van der Waals surface area (Å²) >= 11 is 2.08. The van der Waals surface area contributed by atoms with Crippen LogP contribution in [0.25, 0.3) is 0 Å². The van der Waals surface area contributed by atoms with Crippen molar-refractivity contribution in [3.05, 3.63) is 0 Å². The zero-order valence-corrected chi connectivity index (χ0v) is 15.4. The molecule has 0 aromatic heterocycles. The molecule has 0 saturated carbocycles. The number of hydrogen-bond donors (Lipinski definition) is 0. The molecule has 5 nitrogen and oxygen atoms in total. The maximum absolute atomic E-state index is 12.6. The van der Waals surface area contributed by atoms with Gasteiger partial charge >= 0.3 is 0 Å². The summed E-state index contributed by atoms with van der Waals surface area (Å²) in [6, 6.07) is 0.741. The Kier molecular flexibility index (Phi) is 6.24. The van der Waals surface area contributed by atoms with Gasteiger partial charge in [0, 0.05) is 56.8 Å². The molecule has 0 aliphatic carbocycles. The number of hydrogen-bond acceptors (Lipinski definition) is 5. The Labute approximate surface area is 144 Å². The summed E-state index contributed by atoms with van der Waals surface area (Å²) in [5.41, 5.74) is 0. The Morgan fingerprint density at radius 2 is 1.65 bits per heavy atom. The SMILES string of the molecule is C[C@@H]1CN(C(=O)CN2CCC(N3CCSCC3)CC2)C[C@H](C)O1. The van der Waals surface area contributed by atoms with Crippen molar-refractivity contribution in [2.24, 2.45) is 0 Å². The summed E-state index contributed by atoms with van der Waals surface area (Å²) in [6.45, 7) is 10.8. The minimum Gasteiger partial charge on any atom is -0.372 e. The molecule has 3 saturated heterocycles. The number of rotatable bonds is 3. The van der Waals surface area contributed by atoms with Crippen molar-refractivity contribution >= 4 is 17.7 Å². The highest BCUT2D eigenvalue weighted by molar-refractivity contribution is 7.99. The lowest BCUT2D eigenvalue weighted by molar-refractivity contribution is -0.144. The summed E-state index contributed by atoms with van der Waals surface area (Å²) in [5.74, 6) is 2.85. The lowest BCUT2D eigenvalue weighted by atomic mass is 10.0. The van der Waals surface area contributed by atoms with Gasteiger partial charge in [0.15, 0.2) is 0 Å². The van der Waals surface area contributed by atoms with Gasteiger partial charge in [0.1, 0.15) is 0 Å². The lowest BCUT2D eigenvalue weighted by Crippen LogP contribution is -2.53. The first kappa shape index (κ1) is 17.5. The maximum atomic E-state index is 12.6. The molecule has 3 rings (SSSR count). The Morgan fingerprint density at radius 1 is 1.04 bits per heavy atom. The van der Waals surface area contributed by atoms with Gasteiger partial charge < -0.3 is 9.64 Å². The van der Waals surface area contributed by atoms with Crippen LogP contribution in [0, 0.1) is 0 Å². The second-order valence-corrected chi connectivity index (χ2v) is 8.44. The van der Waals surface area contributed by atoms with E-state index in [1.54, 1.807) is 0 Å². The Morgan fingerprint density at radius 3 is 2.26 bits per heavy atom. The van der Waals surface area contributed by atoms with Crippen LogP contribution in [0.1, 0.15) is 26.7 Å². The molecule has 0 aromatic rings. The standard InChI is InChI=1S/C17H31N3O2S/c1-14-11-20(12-15(2)22-14)17(21)13-18-5-3-16(4-6-18)19-7-9-23-10-8-19/h14-16H,3-13H2,1-2H3/t14-,15+. The van der Waals surface area contributed by atoms with Crippen LogP contribution in [0.3, 0.4) is 0 Å². The van der Waals surface area contributed by atoms with Crippen LogP contribution in [0.5, 0.6) is 0 Å². The lowest BCUT2D eigenvalue weighted by Gasteiger charge is -2.41. The Balaban J connectivity index is 1.42. The average molecular weight is 342 g/mol. The smallest absolute Gasteiger partial charge is 0.236 e. The molecule has 0 unspecified atom stereocenters. The van der Waals surface area contributed by atoms with Crippen LogP contribution < -0.4 is 0 Å². The second-order valence-electron chi connectivity index (χ2n) is 7.21. The fourth-order valence-electron chi connectivity index (χ4n) is 4.06. The predicted molar refractivity (Wildman–Crippen MR) is 94.9 cm³/mol. The summed E-state index contributed by atoms with van der Waals surface area (Å²) in [4.78, 5) is 19.6. The van der Waals surface area contributed by atoms with Crippen LogP contribution >= 0.6 is 11.8 Å². The van der Waals surface area contributed by atoms with E-state index in [0.29, 0.717) is 6.54 Å². The highest BCUT2D eigenvalue weighted by Gasteiger charge is 2.29. The second kappa shape index (κ2) is 8.19. The highest BCUT2D eigenvalue weighted by Crippen LogP contribution is 2.20. The summed E-state index contributed by atoms with van der Waals surface area (Å²) in [5, 5.41) is 0. The number of likely N-dealkylation sites (tertiary alicyclic amines) is 1. The molecular formula is C17H31N3O2S. The van der Waals surface area contributed by atoms with Gasteiger partial charge in [-0.05, 0) is 26.7 Å². The highest BCUT2D eigenvalue weighted by atomic mass is 32.2. The third-order valence-corrected chi connectivity index (χ3v) is 6.19. The quantitative estimate of drug-likeness (QED) is 0.769. The van der Waals surface area contributed by atoms with E-state index in [4.69, 9.17) is 4.74 Å². The zero-order chi connectivity index (χ0) is 16.2. The van der Waals surface area contributed by atoms with E-state index in [9.17, 15) is 4.79 Å². The van der Waals surface area contributed by atoms with Gasteiger partial charge in [-0.2, -0.15) is 11.8 Å². The molecule has 0 radical (unpaired) electrons. The van der Waals surface area contributed by atoms with Crippen molar-refractivity contribution in [2.45, 2.75) is 44.9 Å². The van der Waals surface area contributed by atoms with E-state index in [1.807, 2.05) is 4.90 Å². The van der Waals surface area contributed by atoms with E-state index < -0.39 is 0 Å². The maximum Gasteiger partial charge on any atom is 0.236 e. The molecule has 0 aromatic carbocycles. The van der Waals surface area contributed by atoms with Crippen molar-refractivity contribution in [3.63, 3.8) is 0 Å². The van der Waals surface area contributed by atoms with Crippen LogP contribution in [0.4, 0.5) is 0 Å². The van der Waals surface area contributed by atoms with Crippen molar-refractivity contribution in [1.29, 1.82) is 0 Å². The number of amides is 1. The molecule has 1 amide bonds. The third-order valence-electron chi connectivity index (χ3n) is 5.25. The van der Waals surface area contributed by atoms with Crippen LogP contribution in [-0.4, -0.2) is 96.2 Å². The molecule has 6 heteroatoms. The number of carbonyl (C=O) groups excluding carboxylic acids is 1. The molecule has 132 valence electrons. The molecule has 0 bridgehead atoms. The van der Waals surface area contributed by atoms with Crippen molar-refractivity contribution in [2.75, 3.05) is 57.3 Å². The van der Waals surface area contributed by atoms with Crippen molar-refractivity contribution in [1.82, 2.24) is 14.7 Å². The van der Waals surface area contributed by atoms with Gasteiger partial charge in [-0.15, -0.1) is 0 Å². The average Bonchev–Trinajstić information content (AvgIpc) is 2.55. The van der Waals surface area contributed by atoms with E-state index in [2.05, 4.69) is 35.4 Å². The van der Waals surface area contributed by atoms with Crippen LogP contribution in [0.15, 0.2) is 0 Å². The number of nitrogens with zero attached hydrogens (tertiary/aromatic N) is 3. The van der Waals surface area contributed by atoms with Gasteiger partial charge in [0.2, 0.25) is 5.91 Å². The van der Waals surface area contributed by atoms with E-state index in [0.717, 1.165) is 32.2 Å². The molecule has 3 heterocycles. The van der Waals surface area contributed by atoms with Gasteiger partial charge in [0.05, 0.1) is 18.8 Å². The first-order valence-electron chi connectivity index (χ1n) is 9.09. The van der Waals surface area contributed by atoms with Crippen molar-refractivity contribution in [3.8, 4) is 0 Å². The number of ether oxygens (including phenoxy) is 1. The normalized spacial score (nSPS) is 32.2. The number of morpholine rings is 1. The first-order chi connectivity index (χ1) is 11.1. The van der Waals surface area contributed by atoms with E-state index in [-0.39, 0.29) is 18.1 Å². The summed E-state index contributed by atoms with van der Waals surface area (Å²) in [6.07, 6.45) is 2.75. The largest absolute Gasteiger partial charge is 0.372 e. The summed E-state index contributed by atoms with van der Waals surface area (Å²) < 4.78 is 5.72. The van der Waals surface area contributed by atoms with Gasteiger partial charge in [-0.1, -0.05) is 0 Å². The molecule has 23 heavy (non-hydrogen) atoms. The number of carbonyl (C=O) groups is 1. The topological polar surface area (TPSA) is 36.0 Å². The zero-order valence-electron chi connectivity index (χ0n) is 14.6. The number of thioether (sulfide) groups is 1. The molecule has 2 atom stereocenters. The minimum atomic E-state index is 0.158. The molecule has 0 N–H and O–H groups in total. The van der Waals surface area contributed by atoms with Crippen LogP contribution in [-0.2, 0) is 9.53 Å². The van der Waals surface area contributed by atoms with E-state index >= 15 is 0 Å². The monoisotopic (exact) mass is 341 g/mol. The molecule has 3 fully saturated rings. The van der Waals surface area contributed by atoms with Gasteiger partial charge in [-0.25, -0.2) is 0 Å². The third kappa shape index (κ3) is 4.84. The minimum absolute atomic E-state index is 0.158. The molecule has 3 aliphatic heterocycles. The predicted octanol–water partition coefficient (Wildman–Crippen LogP) is 1.14. The fraction of sp³-hybridized carbons (Fsp3) is 0.941. The Bertz CT molecular complexity index is 385. The first-order valence-corrected chi connectivity index (χ1v) is 10.2. The molecule has 3 aliphatic rings. The fourth-order valence-corrected chi connectivity index (χ4v) is 4.99. The van der Waals surface area contributed by atoms with Gasteiger partial charge in [-0.3, -0.25) is 14.6 Å². The van der Waals surface area contributed by atoms with Crippen LogP contribution in [0.2, 0.25) is 0 Å². The summed E-state index contributed by atoms with van der Waals surface area (Å²) in [7, 11) is 0. The van der Waals surface area contributed by atoms with E-state index in [1.165, 1.54) is 37.4 Å².